The quantitative estimate of drug-likeness (QED) is 0.833. The van der Waals surface area contributed by atoms with Crippen molar-refractivity contribution < 1.29 is 14.7 Å². The van der Waals surface area contributed by atoms with Crippen LogP contribution in [0.2, 0.25) is 0 Å². The minimum Gasteiger partial charge on any atom is -0.481 e. The summed E-state index contributed by atoms with van der Waals surface area (Å²) in [6.45, 7) is 1.61. The number of carboxylic acids is 1. The number of hydrogen-bond acceptors (Lipinski definition) is 2. The van der Waals surface area contributed by atoms with Crippen LogP contribution in [0.25, 0.3) is 0 Å². The number of carboxylic acid groups (broad SMARTS) is 1. The van der Waals surface area contributed by atoms with Crippen molar-refractivity contribution in [2.75, 3.05) is 13.1 Å². The van der Waals surface area contributed by atoms with E-state index in [1.807, 2.05) is 4.90 Å². The van der Waals surface area contributed by atoms with Gasteiger partial charge >= 0.3 is 5.97 Å². The summed E-state index contributed by atoms with van der Waals surface area (Å²) in [5, 5.41) is 8.68. The van der Waals surface area contributed by atoms with E-state index in [-0.39, 0.29) is 6.42 Å². The van der Waals surface area contributed by atoms with Gasteiger partial charge in [-0.25, -0.2) is 0 Å². The second-order valence-electron chi connectivity index (χ2n) is 6.14. The molecule has 2 fully saturated rings. The lowest BCUT2D eigenvalue weighted by Crippen LogP contribution is -2.30. The number of rotatable bonds is 5. The molecule has 19 heavy (non-hydrogen) atoms. The third-order valence-electron chi connectivity index (χ3n) is 4.59. The summed E-state index contributed by atoms with van der Waals surface area (Å²) in [4.78, 5) is 24.7. The first-order valence-corrected chi connectivity index (χ1v) is 7.64. The highest BCUT2D eigenvalue weighted by Crippen LogP contribution is 2.28. The molecule has 0 radical (unpaired) electrons. The number of aliphatic carboxylic acids is 1. The minimum absolute atomic E-state index is 0.231. The molecule has 0 aromatic heterocycles. The second kappa shape index (κ2) is 6.92. The van der Waals surface area contributed by atoms with E-state index in [9.17, 15) is 9.59 Å². The van der Waals surface area contributed by atoms with Crippen molar-refractivity contribution in [1.29, 1.82) is 0 Å². The molecule has 108 valence electrons. The van der Waals surface area contributed by atoms with Crippen LogP contribution in [0.3, 0.4) is 0 Å². The SMILES string of the molecule is O=C(O)CCC1CCN(C(=O)CC2CCCCC2)C1. The topological polar surface area (TPSA) is 57.6 Å². The third kappa shape index (κ3) is 4.51. The monoisotopic (exact) mass is 267 g/mol. The molecule has 1 saturated carbocycles. The Labute approximate surface area is 115 Å². The smallest absolute Gasteiger partial charge is 0.303 e. The second-order valence-corrected chi connectivity index (χ2v) is 6.14. The Hall–Kier alpha value is -1.06. The Morgan fingerprint density at radius 2 is 1.79 bits per heavy atom. The Balaban J connectivity index is 1.70. The van der Waals surface area contributed by atoms with Crippen LogP contribution in [-0.2, 0) is 9.59 Å². The van der Waals surface area contributed by atoms with Crippen LogP contribution in [0.1, 0.15) is 57.8 Å². The van der Waals surface area contributed by atoms with E-state index in [4.69, 9.17) is 5.11 Å². The predicted octanol–water partition coefficient (Wildman–Crippen LogP) is 2.67. The van der Waals surface area contributed by atoms with E-state index < -0.39 is 5.97 Å². The summed E-state index contributed by atoms with van der Waals surface area (Å²) in [7, 11) is 0. The third-order valence-corrected chi connectivity index (χ3v) is 4.59. The van der Waals surface area contributed by atoms with Gasteiger partial charge in [-0.2, -0.15) is 0 Å². The first kappa shape index (κ1) is 14.4. The molecule has 4 nitrogen and oxygen atoms in total. The highest BCUT2D eigenvalue weighted by molar-refractivity contribution is 5.76. The summed E-state index contributed by atoms with van der Waals surface area (Å²) in [5.74, 6) is 0.558. The molecule has 1 saturated heterocycles. The Morgan fingerprint density at radius 1 is 1.05 bits per heavy atom. The maximum Gasteiger partial charge on any atom is 0.303 e. The standard InChI is InChI=1S/C15H25NO3/c17-14(10-12-4-2-1-3-5-12)16-9-8-13(11-16)6-7-15(18)19/h12-13H,1-11H2,(H,18,19). The molecule has 0 aromatic carbocycles. The van der Waals surface area contributed by atoms with E-state index in [0.29, 0.717) is 30.6 Å². The normalized spacial score (nSPS) is 24.6. The average molecular weight is 267 g/mol. The van der Waals surface area contributed by atoms with Gasteiger partial charge in [0.15, 0.2) is 0 Å². The zero-order valence-corrected chi connectivity index (χ0v) is 11.6. The molecule has 1 amide bonds. The average Bonchev–Trinajstić information content (AvgIpc) is 2.86. The molecule has 1 N–H and O–H groups in total. The summed E-state index contributed by atoms with van der Waals surface area (Å²) < 4.78 is 0. The van der Waals surface area contributed by atoms with Crippen molar-refractivity contribution in [1.82, 2.24) is 4.90 Å². The van der Waals surface area contributed by atoms with Gasteiger partial charge in [-0.05, 0) is 37.5 Å². The molecule has 1 heterocycles. The summed E-state index contributed by atoms with van der Waals surface area (Å²) in [6, 6.07) is 0. The van der Waals surface area contributed by atoms with Crippen LogP contribution >= 0.6 is 0 Å². The van der Waals surface area contributed by atoms with Crippen LogP contribution in [0, 0.1) is 11.8 Å². The molecule has 0 bridgehead atoms. The van der Waals surface area contributed by atoms with Gasteiger partial charge in [0.2, 0.25) is 5.91 Å². The van der Waals surface area contributed by atoms with Crippen molar-refractivity contribution in [3.8, 4) is 0 Å². The van der Waals surface area contributed by atoms with Gasteiger partial charge in [0.1, 0.15) is 0 Å². The van der Waals surface area contributed by atoms with Crippen LogP contribution in [0.5, 0.6) is 0 Å². The van der Waals surface area contributed by atoms with Gasteiger partial charge in [-0.3, -0.25) is 9.59 Å². The molecule has 1 atom stereocenters. The van der Waals surface area contributed by atoms with Crippen molar-refractivity contribution in [3.63, 3.8) is 0 Å². The van der Waals surface area contributed by atoms with Gasteiger partial charge in [0.25, 0.3) is 0 Å². The van der Waals surface area contributed by atoms with Gasteiger partial charge in [0.05, 0.1) is 0 Å². The number of amides is 1. The fourth-order valence-electron chi connectivity index (χ4n) is 3.39. The molecule has 0 aromatic rings. The first-order valence-electron chi connectivity index (χ1n) is 7.64. The lowest BCUT2D eigenvalue weighted by molar-refractivity contribution is -0.137. The van der Waals surface area contributed by atoms with E-state index >= 15 is 0 Å². The lowest BCUT2D eigenvalue weighted by Gasteiger charge is -2.24. The Morgan fingerprint density at radius 3 is 2.47 bits per heavy atom. The van der Waals surface area contributed by atoms with Crippen molar-refractivity contribution >= 4 is 11.9 Å². The number of carbonyl (C=O) groups excluding carboxylic acids is 1. The largest absolute Gasteiger partial charge is 0.481 e. The summed E-state index contributed by atoms with van der Waals surface area (Å²) in [5.41, 5.74) is 0. The van der Waals surface area contributed by atoms with Crippen LogP contribution in [-0.4, -0.2) is 35.0 Å². The van der Waals surface area contributed by atoms with Crippen LogP contribution < -0.4 is 0 Å². The summed E-state index contributed by atoms with van der Waals surface area (Å²) >= 11 is 0. The molecular weight excluding hydrogens is 242 g/mol. The van der Waals surface area contributed by atoms with E-state index in [1.165, 1.54) is 32.1 Å². The fraction of sp³-hybridized carbons (Fsp3) is 0.867. The number of carbonyl (C=O) groups is 2. The summed E-state index contributed by atoms with van der Waals surface area (Å²) in [6.07, 6.45) is 8.93. The van der Waals surface area contributed by atoms with E-state index in [1.54, 1.807) is 0 Å². The highest BCUT2D eigenvalue weighted by atomic mass is 16.4. The Kier molecular flexibility index (Phi) is 5.23. The van der Waals surface area contributed by atoms with E-state index in [2.05, 4.69) is 0 Å². The lowest BCUT2D eigenvalue weighted by atomic mass is 9.87. The molecule has 0 spiro atoms. The zero-order valence-electron chi connectivity index (χ0n) is 11.6. The van der Waals surface area contributed by atoms with Crippen molar-refractivity contribution in [3.05, 3.63) is 0 Å². The van der Waals surface area contributed by atoms with Crippen molar-refractivity contribution in [2.24, 2.45) is 11.8 Å². The van der Waals surface area contributed by atoms with Crippen LogP contribution in [0.4, 0.5) is 0 Å². The Bertz CT molecular complexity index is 323. The maximum absolute atomic E-state index is 12.2. The number of likely N-dealkylation sites (tertiary alicyclic amines) is 1. The molecule has 1 aliphatic carbocycles. The molecule has 2 aliphatic rings. The maximum atomic E-state index is 12.2. The molecule has 2 rings (SSSR count). The number of hydrogen-bond donors (Lipinski definition) is 1. The minimum atomic E-state index is -0.730. The van der Waals surface area contributed by atoms with Crippen LogP contribution in [0.15, 0.2) is 0 Å². The van der Waals surface area contributed by atoms with Crippen molar-refractivity contribution in [2.45, 2.75) is 57.8 Å². The zero-order chi connectivity index (χ0) is 13.7. The molecule has 1 aliphatic heterocycles. The fourth-order valence-corrected chi connectivity index (χ4v) is 3.39. The van der Waals surface area contributed by atoms with Gasteiger partial charge in [0, 0.05) is 25.9 Å². The highest BCUT2D eigenvalue weighted by Gasteiger charge is 2.28. The first-order chi connectivity index (χ1) is 9.15. The predicted molar refractivity (Wildman–Crippen MR) is 72.7 cm³/mol. The number of nitrogens with zero attached hydrogens (tertiary/aromatic N) is 1. The molecule has 1 unspecified atom stereocenters. The van der Waals surface area contributed by atoms with Gasteiger partial charge < -0.3 is 10.0 Å². The molecular formula is C15H25NO3. The molecule has 4 heteroatoms. The van der Waals surface area contributed by atoms with Gasteiger partial charge in [-0.1, -0.05) is 19.3 Å². The van der Waals surface area contributed by atoms with Gasteiger partial charge in [-0.15, -0.1) is 0 Å². The van der Waals surface area contributed by atoms with E-state index in [0.717, 1.165) is 19.5 Å².